The van der Waals surface area contributed by atoms with Gasteiger partial charge in [0, 0.05) is 5.56 Å². The first-order valence-corrected chi connectivity index (χ1v) is 9.00. The van der Waals surface area contributed by atoms with E-state index in [0.29, 0.717) is 21.6 Å². The lowest BCUT2D eigenvalue weighted by Crippen LogP contribution is -2.11. The molecule has 2 aromatic carbocycles. The van der Waals surface area contributed by atoms with Crippen LogP contribution in [0.25, 0.3) is 20.4 Å². The van der Waals surface area contributed by atoms with Crippen LogP contribution in [0, 0.1) is 0 Å². The van der Waals surface area contributed by atoms with E-state index in [0.717, 1.165) is 20.4 Å². The number of benzene rings is 2. The minimum Gasteiger partial charge on any atom is -0.497 e. The van der Waals surface area contributed by atoms with Crippen LogP contribution in [-0.2, 0) is 0 Å². The molecule has 126 valence electrons. The molecule has 8 heteroatoms. The molecule has 0 saturated carbocycles. The molecule has 0 spiro atoms. The lowest BCUT2D eigenvalue weighted by Gasteiger charge is -2.03. The Kier molecular flexibility index (Phi) is 3.98. The first-order valence-electron chi connectivity index (χ1n) is 7.37. The first kappa shape index (κ1) is 15.8. The molecule has 0 aliphatic heterocycles. The average Bonchev–Trinajstić information content (AvgIpc) is 3.24. The molecule has 4 aromatic rings. The number of hydrogen-bond acceptors (Lipinski definition) is 7. The summed E-state index contributed by atoms with van der Waals surface area (Å²) in [4.78, 5) is 21.3. The molecule has 0 saturated heterocycles. The van der Waals surface area contributed by atoms with Crippen molar-refractivity contribution in [2.75, 3.05) is 19.5 Å². The van der Waals surface area contributed by atoms with E-state index in [1.165, 1.54) is 22.7 Å². The maximum atomic E-state index is 12.4. The van der Waals surface area contributed by atoms with Gasteiger partial charge in [0.2, 0.25) is 0 Å². The lowest BCUT2D eigenvalue weighted by atomic mass is 10.2. The van der Waals surface area contributed by atoms with Gasteiger partial charge in [-0.2, -0.15) is 0 Å². The number of anilines is 1. The number of amides is 1. The predicted molar refractivity (Wildman–Crippen MR) is 100 cm³/mol. The van der Waals surface area contributed by atoms with E-state index in [9.17, 15) is 4.79 Å². The lowest BCUT2D eigenvalue weighted by molar-refractivity contribution is 0.102. The maximum Gasteiger partial charge on any atom is 0.274 e. The molecule has 0 aliphatic rings. The number of hydrogen-bond donors (Lipinski definition) is 1. The van der Waals surface area contributed by atoms with Gasteiger partial charge >= 0.3 is 0 Å². The molecule has 1 N–H and O–H groups in total. The number of rotatable bonds is 4. The second-order valence-corrected chi connectivity index (χ2v) is 7.11. The molecule has 0 bridgehead atoms. The van der Waals surface area contributed by atoms with Gasteiger partial charge in [-0.05, 0) is 36.4 Å². The Balaban J connectivity index is 1.65. The molecule has 0 atom stereocenters. The first-order chi connectivity index (χ1) is 12.2. The minimum absolute atomic E-state index is 0.208. The molecule has 2 aromatic heterocycles. The Bertz CT molecular complexity index is 1070. The number of methoxy groups -OCH3 is 2. The van der Waals surface area contributed by atoms with E-state index in [1.807, 2.05) is 12.1 Å². The molecule has 4 rings (SSSR count). The van der Waals surface area contributed by atoms with Gasteiger partial charge in [-0.1, -0.05) is 22.7 Å². The zero-order chi connectivity index (χ0) is 17.4. The van der Waals surface area contributed by atoms with Crippen molar-refractivity contribution in [2.45, 2.75) is 0 Å². The van der Waals surface area contributed by atoms with Crippen LogP contribution in [0.4, 0.5) is 5.13 Å². The van der Waals surface area contributed by atoms with Gasteiger partial charge in [-0.3, -0.25) is 10.1 Å². The van der Waals surface area contributed by atoms with Gasteiger partial charge in [0.05, 0.1) is 34.7 Å². The molecule has 2 heterocycles. The van der Waals surface area contributed by atoms with Crippen LogP contribution in [0.2, 0.25) is 0 Å². The van der Waals surface area contributed by atoms with Crippen LogP contribution in [0.15, 0.2) is 36.4 Å². The molecule has 6 nitrogen and oxygen atoms in total. The topological polar surface area (TPSA) is 73.3 Å². The highest BCUT2D eigenvalue weighted by Gasteiger charge is 2.14. The number of fused-ring (bicyclic) bond motifs is 3. The van der Waals surface area contributed by atoms with E-state index in [-0.39, 0.29) is 5.91 Å². The quantitative estimate of drug-likeness (QED) is 0.583. The van der Waals surface area contributed by atoms with E-state index in [2.05, 4.69) is 15.3 Å². The summed E-state index contributed by atoms with van der Waals surface area (Å²) in [6.45, 7) is 0. The largest absolute Gasteiger partial charge is 0.497 e. The fourth-order valence-electron chi connectivity index (χ4n) is 2.41. The summed E-state index contributed by atoms with van der Waals surface area (Å²) in [5.74, 6) is 0.498. The van der Waals surface area contributed by atoms with Crippen molar-refractivity contribution in [1.29, 1.82) is 0 Å². The van der Waals surface area contributed by atoms with Crippen molar-refractivity contribution < 1.29 is 14.3 Å². The molecule has 0 radical (unpaired) electrons. The van der Waals surface area contributed by atoms with Gasteiger partial charge in [0.1, 0.15) is 5.75 Å². The Labute approximate surface area is 151 Å². The molecule has 25 heavy (non-hydrogen) atoms. The summed E-state index contributed by atoms with van der Waals surface area (Å²) in [6, 6.07) is 10.7. The number of carbonyl (C=O) groups excluding carboxylic acids is 1. The van der Waals surface area contributed by atoms with Gasteiger partial charge in [0.25, 0.3) is 11.1 Å². The monoisotopic (exact) mass is 371 g/mol. The molecular weight excluding hydrogens is 358 g/mol. The standard InChI is InChI=1S/C17H13N3O3S2/c1-22-10-5-3-9(4-6-10)15(21)20-16-18-11-7-8-12-14(13(11)24-16)25-17(19-12)23-2/h3-8H,1-2H3,(H,18,20,21). The SMILES string of the molecule is COc1ccc(C(=O)Nc2nc3ccc4nc(OC)sc4c3s2)cc1. The summed E-state index contributed by atoms with van der Waals surface area (Å²) < 4.78 is 12.3. The summed E-state index contributed by atoms with van der Waals surface area (Å²) in [5.41, 5.74) is 2.24. The Morgan fingerprint density at radius 2 is 1.60 bits per heavy atom. The number of nitrogens with one attached hydrogen (secondary N) is 1. The highest BCUT2D eigenvalue weighted by Crippen LogP contribution is 2.38. The van der Waals surface area contributed by atoms with Crippen LogP contribution in [0.1, 0.15) is 10.4 Å². The minimum atomic E-state index is -0.208. The molecule has 0 aliphatic carbocycles. The zero-order valence-electron chi connectivity index (χ0n) is 13.4. The Hall–Kier alpha value is -2.71. The van der Waals surface area contributed by atoms with Gasteiger partial charge in [-0.25, -0.2) is 9.97 Å². The van der Waals surface area contributed by atoms with Crippen LogP contribution in [-0.4, -0.2) is 30.1 Å². The van der Waals surface area contributed by atoms with Crippen molar-refractivity contribution in [2.24, 2.45) is 0 Å². The molecule has 0 fully saturated rings. The number of aromatic nitrogens is 2. The summed E-state index contributed by atoms with van der Waals surface area (Å²) in [6.07, 6.45) is 0. The van der Waals surface area contributed by atoms with Gasteiger partial charge < -0.3 is 9.47 Å². The average molecular weight is 371 g/mol. The normalized spacial score (nSPS) is 11.0. The second kappa shape index (κ2) is 6.30. The van der Waals surface area contributed by atoms with Gasteiger partial charge in [0.15, 0.2) is 5.13 Å². The summed E-state index contributed by atoms with van der Waals surface area (Å²) >= 11 is 2.90. The summed E-state index contributed by atoms with van der Waals surface area (Å²) in [5, 5.41) is 4.01. The van der Waals surface area contributed by atoms with Crippen molar-refractivity contribution in [3.8, 4) is 10.9 Å². The third kappa shape index (κ3) is 2.90. The Morgan fingerprint density at radius 3 is 2.28 bits per heavy atom. The third-order valence-corrected chi connectivity index (χ3v) is 5.82. The Morgan fingerprint density at radius 1 is 0.920 bits per heavy atom. The maximum absolute atomic E-state index is 12.4. The van der Waals surface area contributed by atoms with E-state index >= 15 is 0 Å². The van der Waals surface area contributed by atoms with E-state index < -0.39 is 0 Å². The zero-order valence-corrected chi connectivity index (χ0v) is 15.0. The van der Waals surface area contributed by atoms with E-state index in [4.69, 9.17) is 9.47 Å². The van der Waals surface area contributed by atoms with Crippen LogP contribution < -0.4 is 14.8 Å². The van der Waals surface area contributed by atoms with Crippen LogP contribution in [0.3, 0.4) is 0 Å². The van der Waals surface area contributed by atoms with Crippen molar-refractivity contribution >= 4 is 54.1 Å². The predicted octanol–water partition coefficient (Wildman–Crippen LogP) is 4.18. The van der Waals surface area contributed by atoms with E-state index in [1.54, 1.807) is 38.5 Å². The third-order valence-electron chi connectivity index (χ3n) is 3.64. The fraction of sp³-hybridized carbons (Fsp3) is 0.118. The highest BCUT2D eigenvalue weighted by atomic mass is 32.1. The van der Waals surface area contributed by atoms with Crippen molar-refractivity contribution in [3.05, 3.63) is 42.0 Å². The number of thiazole rings is 2. The van der Waals surface area contributed by atoms with Crippen LogP contribution in [0.5, 0.6) is 10.9 Å². The van der Waals surface area contributed by atoms with Crippen molar-refractivity contribution in [1.82, 2.24) is 9.97 Å². The molecule has 0 unspecified atom stereocenters. The van der Waals surface area contributed by atoms with Crippen LogP contribution >= 0.6 is 22.7 Å². The molecule has 1 amide bonds. The number of nitrogens with zero attached hydrogens (tertiary/aromatic N) is 2. The number of ether oxygens (including phenoxy) is 2. The highest BCUT2D eigenvalue weighted by molar-refractivity contribution is 7.29. The number of carbonyl (C=O) groups is 1. The smallest absolute Gasteiger partial charge is 0.274 e. The van der Waals surface area contributed by atoms with Gasteiger partial charge in [-0.15, -0.1) is 0 Å². The second-order valence-electron chi connectivity index (χ2n) is 5.15. The fourth-order valence-corrected chi connectivity index (χ4v) is 4.37. The molecular formula is C17H13N3O3S2. The van der Waals surface area contributed by atoms with Crippen molar-refractivity contribution in [3.63, 3.8) is 0 Å². The summed E-state index contributed by atoms with van der Waals surface area (Å²) in [7, 11) is 3.19.